The van der Waals surface area contributed by atoms with E-state index in [0.717, 1.165) is 24.8 Å². The average Bonchev–Trinajstić information content (AvgIpc) is 2.64. The largest absolute Gasteiger partial charge is 0.352 e. The van der Waals surface area contributed by atoms with Gasteiger partial charge in [0.25, 0.3) is 11.8 Å². The molecule has 5 heteroatoms. The van der Waals surface area contributed by atoms with Crippen molar-refractivity contribution in [3.63, 3.8) is 0 Å². The third-order valence-corrected chi connectivity index (χ3v) is 3.90. The van der Waals surface area contributed by atoms with Gasteiger partial charge in [-0.2, -0.15) is 0 Å². The van der Waals surface area contributed by atoms with E-state index < -0.39 is 0 Å². The number of unbranched alkanes of at least 4 members (excludes halogenated alkanes) is 2. The van der Waals surface area contributed by atoms with Crippen molar-refractivity contribution < 1.29 is 9.59 Å². The van der Waals surface area contributed by atoms with E-state index in [1.165, 1.54) is 18.0 Å². The van der Waals surface area contributed by atoms with E-state index in [0.29, 0.717) is 24.2 Å². The summed E-state index contributed by atoms with van der Waals surface area (Å²) in [7, 11) is 0. The van der Waals surface area contributed by atoms with Gasteiger partial charge in [-0.1, -0.05) is 49.6 Å². The monoisotopic (exact) mass is 339 g/mol. The minimum atomic E-state index is -0.242. The van der Waals surface area contributed by atoms with Gasteiger partial charge in [0.1, 0.15) is 0 Å². The lowest BCUT2D eigenvalue weighted by molar-refractivity contribution is 0.0950. The van der Waals surface area contributed by atoms with Gasteiger partial charge in [-0.25, -0.2) is 0 Å². The predicted molar refractivity (Wildman–Crippen MR) is 98.4 cm³/mol. The molecule has 0 aliphatic rings. The second kappa shape index (κ2) is 9.57. The van der Waals surface area contributed by atoms with Gasteiger partial charge in [0.2, 0.25) is 0 Å². The van der Waals surface area contributed by atoms with Gasteiger partial charge in [0.05, 0.1) is 11.1 Å². The molecule has 0 aliphatic heterocycles. The molecule has 0 spiro atoms. The van der Waals surface area contributed by atoms with E-state index in [1.54, 1.807) is 6.07 Å². The van der Waals surface area contributed by atoms with Crippen LogP contribution in [0.25, 0.3) is 0 Å². The lowest BCUT2D eigenvalue weighted by Crippen LogP contribution is -2.26. The molecule has 2 aromatic rings. The van der Waals surface area contributed by atoms with Crippen molar-refractivity contribution in [2.45, 2.75) is 39.7 Å². The summed E-state index contributed by atoms with van der Waals surface area (Å²) in [4.78, 5) is 28.4. The molecule has 0 atom stereocenters. The SMILES string of the molecule is CCCCCNC(=O)c1cncc(C(=O)NCc2ccc(C)cc2)c1. The number of carbonyl (C=O) groups is 2. The number of nitrogens with one attached hydrogen (secondary N) is 2. The van der Waals surface area contributed by atoms with Crippen LogP contribution in [0.4, 0.5) is 0 Å². The van der Waals surface area contributed by atoms with Crippen molar-refractivity contribution in [3.8, 4) is 0 Å². The van der Waals surface area contributed by atoms with Crippen LogP contribution in [-0.2, 0) is 6.54 Å². The number of aromatic nitrogens is 1. The fourth-order valence-corrected chi connectivity index (χ4v) is 2.36. The van der Waals surface area contributed by atoms with Crippen molar-refractivity contribution in [1.82, 2.24) is 15.6 Å². The molecule has 2 N–H and O–H groups in total. The van der Waals surface area contributed by atoms with Crippen molar-refractivity contribution in [1.29, 1.82) is 0 Å². The van der Waals surface area contributed by atoms with E-state index in [4.69, 9.17) is 0 Å². The molecule has 1 aromatic heterocycles. The molecule has 2 rings (SSSR count). The smallest absolute Gasteiger partial charge is 0.253 e. The summed E-state index contributed by atoms with van der Waals surface area (Å²) in [5, 5.41) is 5.70. The molecule has 0 fully saturated rings. The summed E-state index contributed by atoms with van der Waals surface area (Å²) >= 11 is 0. The van der Waals surface area contributed by atoms with Crippen LogP contribution in [0.2, 0.25) is 0 Å². The third-order valence-electron chi connectivity index (χ3n) is 3.90. The summed E-state index contributed by atoms with van der Waals surface area (Å²) in [6.45, 7) is 5.21. The van der Waals surface area contributed by atoms with E-state index in [-0.39, 0.29) is 11.8 Å². The molecule has 0 radical (unpaired) electrons. The summed E-state index contributed by atoms with van der Waals surface area (Å²) in [6, 6.07) is 9.55. The number of carbonyl (C=O) groups excluding carboxylic acids is 2. The van der Waals surface area contributed by atoms with Gasteiger partial charge < -0.3 is 10.6 Å². The van der Waals surface area contributed by atoms with Crippen molar-refractivity contribution in [2.75, 3.05) is 6.54 Å². The fraction of sp³-hybridized carbons (Fsp3) is 0.350. The van der Waals surface area contributed by atoms with Gasteiger partial charge in [-0.05, 0) is 25.0 Å². The summed E-state index contributed by atoms with van der Waals surface area (Å²) < 4.78 is 0. The highest BCUT2D eigenvalue weighted by Crippen LogP contribution is 2.06. The fourth-order valence-electron chi connectivity index (χ4n) is 2.36. The second-order valence-electron chi connectivity index (χ2n) is 6.09. The molecular weight excluding hydrogens is 314 g/mol. The molecule has 0 aliphatic carbocycles. The van der Waals surface area contributed by atoms with Gasteiger partial charge in [-0.15, -0.1) is 0 Å². The Morgan fingerprint density at radius 1 is 0.960 bits per heavy atom. The maximum absolute atomic E-state index is 12.3. The highest BCUT2D eigenvalue weighted by Gasteiger charge is 2.11. The molecule has 0 bridgehead atoms. The number of amides is 2. The highest BCUT2D eigenvalue weighted by molar-refractivity contribution is 5.99. The van der Waals surface area contributed by atoms with Crippen LogP contribution in [-0.4, -0.2) is 23.3 Å². The van der Waals surface area contributed by atoms with E-state index in [2.05, 4.69) is 22.5 Å². The van der Waals surface area contributed by atoms with Crippen molar-refractivity contribution >= 4 is 11.8 Å². The van der Waals surface area contributed by atoms with Gasteiger partial charge >= 0.3 is 0 Å². The number of aryl methyl sites for hydroxylation is 1. The lowest BCUT2D eigenvalue weighted by atomic mass is 10.1. The summed E-state index contributed by atoms with van der Waals surface area (Å²) in [6.07, 6.45) is 6.09. The molecule has 0 unspecified atom stereocenters. The molecule has 0 saturated carbocycles. The minimum absolute atomic E-state index is 0.197. The van der Waals surface area contributed by atoms with Crippen molar-refractivity contribution in [3.05, 3.63) is 65.0 Å². The number of pyridine rings is 1. The van der Waals surface area contributed by atoms with Crippen LogP contribution in [0.15, 0.2) is 42.7 Å². The van der Waals surface area contributed by atoms with Crippen LogP contribution in [0, 0.1) is 6.92 Å². The van der Waals surface area contributed by atoms with Gasteiger partial charge in [0, 0.05) is 25.5 Å². The normalized spacial score (nSPS) is 10.3. The van der Waals surface area contributed by atoms with Gasteiger partial charge in [-0.3, -0.25) is 14.6 Å². The molecule has 0 saturated heterocycles. The second-order valence-corrected chi connectivity index (χ2v) is 6.09. The van der Waals surface area contributed by atoms with Gasteiger partial charge in [0.15, 0.2) is 0 Å². The molecular formula is C20H25N3O2. The first-order valence-electron chi connectivity index (χ1n) is 8.67. The molecule has 25 heavy (non-hydrogen) atoms. The zero-order chi connectivity index (χ0) is 18.1. The maximum Gasteiger partial charge on any atom is 0.253 e. The molecule has 5 nitrogen and oxygen atoms in total. The zero-order valence-corrected chi connectivity index (χ0v) is 14.8. The Balaban J connectivity index is 1.91. The highest BCUT2D eigenvalue weighted by atomic mass is 16.2. The summed E-state index contributed by atoms with van der Waals surface area (Å²) in [5.74, 6) is -0.439. The topological polar surface area (TPSA) is 71.1 Å². The summed E-state index contributed by atoms with van der Waals surface area (Å²) in [5.41, 5.74) is 2.99. The molecule has 1 heterocycles. The van der Waals surface area contributed by atoms with Crippen LogP contribution >= 0.6 is 0 Å². The molecule has 132 valence electrons. The van der Waals surface area contributed by atoms with Crippen LogP contribution in [0.1, 0.15) is 58.0 Å². The quantitative estimate of drug-likeness (QED) is 0.725. The van der Waals surface area contributed by atoms with E-state index >= 15 is 0 Å². The van der Waals surface area contributed by atoms with E-state index in [1.807, 2.05) is 31.2 Å². The number of hydrogen-bond acceptors (Lipinski definition) is 3. The third kappa shape index (κ3) is 6.03. The number of rotatable bonds is 8. The van der Waals surface area contributed by atoms with E-state index in [9.17, 15) is 9.59 Å². The number of hydrogen-bond donors (Lipinski definition) is 2. The van der Waals surface area contributed by atoms with Crippen LogP contribution < -0.4 is 10.6 Å². The van der Waals surface area contributed by atoms with Crippen LogP contribution in [0.3, 0.4) is 0 Å². The minimum Gasteiger partial charge on any atom is -0.352 e. The van der Waals surface area contributed by atoms with Crippen molar-refractivity contribution in [2.24, 2.45) is 0 Å². The maximum atomic E-state index is 12.3. The Kier molecular flexibility index (Phi) is 7.14. The Bertz CT molecular complexity index is 711. The number of nitrogens with zero attached hydrogens (tertiary/aromatic N) is 1. The predicted octanol–water partition coefficient (Wildman–Crippen LogP) is 3.24. The Morgan fingerprint density at radius 2 is 1.60 bits per heavy atom. The molecule has 2 amide bonds. The van der Waals surface area contributed by atoms with Crippen LogP contribution in [0.5, 0.6) is 0 Å². The molecule has 1 aromatic carbocycles. The Labute approximate surface area is 148 Å². The first kappa shape index (κ1) is 18.6. The standard InChI is InChI=1S/C20H25N3O2/c1-3-4-5-10-22-19(24)17-11-18(14-21-13-17)20(25)23-12-16-8-6-15(2)7-9-16/h6-9,11,13-14H,3-5,10,12H2,1-2H3,(H,22,24)(H,23,25). The Morgan fingerprint density at radius 3 is 2.24 bits per heavy atom. The lowest BCUT2D eigenvalue weighted by Gasteiger charge is -2.08. The number of benzene rings is 1. The first-order chi connectivity index (χ1) is 12.1. The first-order valence-corrected chi connectivity index (χ1v) is 8.67. The Hall–Kier alpha value is -2.69. The average molecular weight is 339 g/mol. The zero-order valence-electron chi connectivity index (χ0n) is 14.8.